The van der Waals surface area contributed by atoms with E-state index in [1.54, 1.807) is 11.8 Å². The van der Waals surface area contributed by atoms with Crippen LogP contribution < -0.4 is 5.56 Å². The lowest BCUT2D eigenvalue weighted by atomic mass is 9.95. The van der Waals surface area contributed by atoms with Gasteiger partial charge in [-0.1, -0.05) is 33.1 Å². The topological polar surface area (TPSA) is 50.1 Å². The van der Waals surface area contributed by atoms with Gasteiger partial charge in [0.1, 0.15) is 0 Å². The normalized spacial score (nSPS) is 23.8. The predicted molar refractivity (Wildman–Crippen MR) is 85.1 cm³/mol. The van der Waals surface area contributed by atoms with Gasteiger partial charge in [0.25, 0.3) is 5.56 Å². The van der Waals surface area contributed by atoms with E-state index in [4.69, 9.17) is 0 Å². The van der Waals surface area contributed by atoms with Crippen molar-refractivity contribution in [3.05, 3.63) is 15.9 Å². The highest BCUT2D eigenvalue weighted by molar-refractivity contribution is 8.14. The van der Waals surface area contributed by atoms with E-state index in [1.165, 1.54) is 19.3 Å². The van der Waals surface area contributed by atoms with Gasteiger partial charge in [-0.15, -0.1) is 11.8 Å². The second kappa shape index (κ2) is 5.43. The molecule has 2 heterocycles. The highest BCUT2D eigenvalue weighted by Crippen LogP contribution is 2.45. The molecule has 1 aromatic heterocycles. The second-order valence-corrected chi connectivity index (χ2v) is 7.59. The van der Waals surface area contributed by atoms with Crippen molar-refractivity contribution in [1.82, 2.24) is 9.78 Å². The number of thioether (sulfide) groups is 1. The van der Waals surface area contributed by atoms with Crippen LogP contribution in [0.4, 0.5) is 5.82 Å². The third kappa shape index (κ3) is 2.36. The molecule has 1 aliphatic heterocycles. The maximum atomic E-state index is 12.4. The zero-order valence-corrected chi connectivity index (χ0v) is 13.3. The van der Waals surface area contributed by atoms with Crippen molar-refractivity contribution >= 4 is 22.6 Å². The molecule has 110 valence electrons. The Morgan fingerprint density at radius 3 is 2.65 bits per heavy atom. The van der Waals surface area contributed by atoms with Crippen LogP contribution in [0.25, 0.3) is 0 Å². The summed E-state index contributed by atoms with van der Waals surface area (Å²) in [6.07, 6.45) is 6.14. The third-order valence-corrected chi connectivity index (χ3v) is 5.79. The second-order valence-electron chi connectivity index (χ2n) is 6.25. The molecule has 1 saturated carbocycles. The molecule has 2 aliphatic rings. The summed E-state index contributed by atoms with van der Waals surface area (Å²) in [4.78, 5) is 17.1. The number of H-pyrrole nitrogens is 1. The van der Waals surface area contributed by atoms with E-state index in [-0.39, 0.29) is 10.8 Å². The van der Waals surface area contributed by atoms with Crippen LogP contribution in [0, 0.1) is 5.92 Å². The highest BCUT2D eigenvalue weighted by Gasteiger charge is 2.32. The van der Waals surface area contributed by atoms with Crippen molar-refractivity contribution < 1.29 is 0 Å². The Hall–Kier alpha value is -0.970. The quantitative estimate of drug-likeness (QED) is 0.889. The lowest BCUT2D eigenvalue weighted by Gasteiger charge is -2.27. The van der Waals surface area contributed by atoms with Crippen LogP contribution in [0.5, 0.6) is 0 Å². The fourth-order valence-corrected chi connectivity index (χ4v) is 4.42. The SMILES string of the molecule is CC1=Nc2c(c(=O)[nH]n2C2CCCCC2)[C@@H](C(C)C)S1. The van der Waals surface area contributed by atoms with Gasteiger partial charge in [0.05, 0.1) is 16.6 Å². The number of nitrogens with one attached hydrogen (secondary N) is 1. The zero-order chi connectivity index (χ0) is 14.3. The van der Waals surface area contributed by atoms with Crippen LogP contribution >= 0.6 is 11.8 Å². The third-order valence-electron chi connectivity index (χ3n) is 4.33. The van der Waals surface area contributed by atoms with Gasteiger partial charge < -0.3 is 0 Å². The van der Waals surface area contributed by atoms with Crippen molar-refractivity contribution in [3.8, 4) is 0 Å². The fraction of sp³-hybridized carbons (Fsp3) is 0.733. The summed E-state index contributed by atoms with van der Waals surface area (Å²) in [5, 5.41) is 4.37. The van der Waals surface area contributed by atoms with E-state index < -0.39 is 0 Å². The van der Waals surface area contributed by atoms with Gasteiger partial charge in [0, 0.05) is 5.25 Å². The molecule has 1 atom stereocenters. The standard InChI is InChI=1S/C15H23N3OS/c1-9(2)13-12-14(16-10(3)20-13)18(17-15(12)19)11-7-5-4-6-8-11/h9,11,13H,4-8H2,1-3H3,(H,17,19)/t13-/m1/s1. The van der Waals surface area contributed by atoms with Crippen molar-refractivity contribution in [2.24, 2.45) is 10.9 Å². The van der Waals surface area contributed by atoms with Gasteiger partial charge in [-0.2, -0.15) is 0 Å². The number of aromatic amines is 1. The number of hydrogen-bond donors (Lipinski definition) is 1. The first-order chi connectivity index (χ1) is 9.58. The Morgan fingerprint density at radius 2 is 2.00 bits per heavy atom. The largest absolute Gasteiger partial charge is 0.270 e. The number of fused-ring (bicyclic) bond motifs is 1. The lowest BCUT2D eigenvalue weighted by Crippen LogP contribution is -2.16. The molecule has 1 aliphatic carbocycles. The van der Waals surface area contributed by atoms with Crippen molar-refractivity contribution in [3.63, 3.8) is 0 Å². The number of aromatic nitrogens is 2. The van der Waals surface area contributed by atoms with Gasteiger partial charge >= 0.3 is 0 Å². The highest BCUT2D eigenvalue weighted by atomic mass is 32.2. The number of hydrogen-bond acceptors (Lipinski definition) is 3. The average molecular weight is 293 g/mol. The molecule has 1 aromatic rings. The Labute approximate surface area is 124 Å². The van der Waals surface area contributed by atoms with E-state index in [0.717, 1.165) is 29.3 Å². The molecule has 0 aromatic carbocycles. The van der Waals surface area contributed by atoms with Gasteiger partial charge in [-0.05, 0) is 25.7 Å². The maximum Gasteiger partial charge on any atom is 0.270 e. The first kappa shape index (κ1) is 14.0. The lowest BCUT2D eigenvalue weighted by molar-refractivity contribution is 0.331. The van der Waals surface area contributed by atoms with Crippen LogP contribution in [0.15, 0.2) is 9.79 Å². The monoisotopic (exact) mass is 293 g/mol. The van der Waals surface area contributed by atoms with Gasteiger partial charge in [0.2, 0.25) is 0 Å². The van der Waals surface area contributed by atoms with E-state index >= 15 is 0 Å². The minimum Gasteiger partial charge on any atom is -0.268 e. The molecular weight excluding hydrogens is 270 g/mol. The van der Waals surface area contributed by atoms with Crippen molar-refractivity contribution in [2.45, 2.75) is 64.2 Å². The number of aliphatic imine (C=N–C) groups is 1. The summed E-state index contributed by atoms with van der Waals surface area (Å²) in [6.45, 7) is 6.40. The molecule has 20 heavy (non-hydrogen) atoms. The predicted octanol–water partition coefficient (Wildman–Crippen LogP) is 4.18. The Balaban J connectivity index is 2.07. The molecule has 0 spiro atoms. The molecule has 0 saturated heterocycles. The molecule has 0 amide bonds. The molecule has 1 N–H and O–H groups in total. The molecule has 1 fully saturated rings. The minimum atomic E-state index is 0.0630. The first-order valence-electron chi connectivity index (χ1n) is 7.64. The fourth-order valence-electron chi connectivity index (χ4n) is 3.32. The molecule has 0 bridgehead atoms. The first-order valence-corrected chi connectivity index (χ1v) is 8.52. The Bertz CT molecular complexity index is 578. The molecule has 3 rings (SSSR count). The van der Waals surface area contributed by atoms with Crippen LogP contribution in [0.2, 0.25) is 0 Å². The van der Waals surface area contributed by atoms with Crippen LogP contribution in [0.1, 0.15) is 69.7 Å². The van der Waals surface area contributed by atoms with Crippen LogP contribution in [0.3, 0.4) is 0 Å². The van der Waals surface area contributed by atoms with Gasteiger partial charge in [-0.25, -0.2) is 4.99 Å². The summed E-state index contributed by atoms with van der Waals surface area (Å²) < 4.78 is 2.06. The summed E-state index contributed by atoms with van der Waals surface area (Å²) >= 11 is 1.73. The molecule has 4 nitrogen and oxygen atoms in total. The van der Waals surface area contributed by atoms with Crippen LogP contribution in [-0.2, 0) is 0 Å². The zero-order valence-electron chi connectivity index (χ0n) is 12.5. The molecule has 5 heteroatoms. The molecular formula is C15H23N3OS. The number of rotatable bonds is 2. The summed E-state index contributed by atoms with van der Waals surface area (Å²) in [7, 11) is 0. The van der Waals surface area contributed by atoms with E-state index in [1.807, 2.05) is 6.92 Å². The summed E-state index contributed by atoms with van der Waals surface area (Å²) in [6, 6.07) is 0.424. The summed E-state index contributed by atoms with van der Waals surface area (Å²) in [5.74, 6) is 1.34. The van der Waals surface area contributed by atoms with Crippen molar-refractivity contribution in [2.75, 3.05) is 0 Å². The Kier molecular flexibility index (Phi) is 3.80. The Morgan fingerprint density at radius 1 is 1.30 bits per heavy atom. The van der Waals surface area contributed by atoms with E-state index in [2.05, 4.69) is 28.6 Å². The van der Waals surface area contributed by atoms with Crippen molar-refractivity contribution in [1.29, 1.82) is 0 Å². The average Bonchev–Trinajstić information content (AvgIpc) is 2.76. The summed E-state index contributed by atoms with van der Waals surface area (Å²) in [5.41, 5.74) is 0.953. The number of nitrogens with zero attached hydrogens (tertiary/aromatic N) is 2. The smallest absolute Gasteiger partial charge is 0.268 e. The van der Waals surface area contributed by atoms with E-state index in [9.17, 15) is 4.79 Å². The van der Waals surface area contributed by atoms with Gasteiger partial charge in [0.15, 0.2) is 5.82 Å². The maximum absolute atomic E-state index is 12.4. The van der Waals surface area contributed by atoms with E-state index in [0.29, 0.717) is 12.0 Å². The minimum absolute atomic E-state index is 0.0630. The van der Waals surface area contributed by atoms with Gasteiger partial charge in [-0.3, -0.25) is 14.6 Å². The molecule has 0 radical (unpaired) electrons. The van der Waals surface area contributed by atoms with Crippen LogP contribution in [-0.4, -0.2) is 14.8 Å². The molecule has 0 unspecified atom stereocenters.